The molecule has 0 bridgehead atoms. The SMILES string of the molecule is CCCN(CC(NCC)c1ccc(CC)cc1)C1CC1. The number of benzene rings is 1. The molecule has 112 valence electrons. The van der Waals surface area contributed by atoms with Crippen molar-refractivity contribution >= 4 is 0 Å². The first kappa shape index (κ1) is 15.5. The third-order valence-electron chi connectivity index (χ3n) is 4.23. The molecule has 1 unspecified atom stereocenters. The first-order valence-electron chi connectivity index (χ1n) is 8.34. The van der Waals surface area contributed by atoms with E-state index < -0.39 is 0 Å². The minimum atomic E-state index is 0.470. The molecule has 1 aromatic rings. The molecule has 2 heteroatoms. The van der Waals surface area contributed by atoms with Crippen molar-refractivity contribution in [3.8, 4) is 0 Å². The second-order valence-electron chi connectivity index (χ2n) is 5.93. The van der Waals surface area contributed by atoms with Gasteiger partial charge in [-0.2, -0.15) is 0 Å². The number of likely N-dealkylation sites (N-methyl/N-ethyl adjacent to an activating group) is 1. The Labute approximate surface area is 124 Å². The van der Waals surface area contributed by atoms with Gasteiger partial charge in [-0.3, -0.25) is 4.90 Å². The summed E-state index contributed by atoms with van der Waals surface area (Å²) in [5.74, 6) is 0. The molecule has 1 aliphatic carbocycles. The molecule has 0 aromatic heterocycles. The van der Waals surface area contributed by atoms with Crippen LogP contribution in [0.15, 0.2) is 24.3 Å². The predicted molar refractivity (Wildman–Crippen MR) is 87.1 cm³/mol. The third kappa shape index (κ3) is 4.32. The van der Waals surface area contributed by atoms with Gasteiger partial charge in [-0.15, -0.1) is 0 Å². The van der Waals surface area contributed by atoms with E-state index >= 15 is 0 Å². The summed E-state index contributed by atoms with van der Waals surface area (Å²) in [5, 5.41) is 3.67. The third-order valence-corrected chi connectivity index (χ3v) is 4.23. The van der Waals surface area contributed by atoms with Crippen LogP contribution in [-0.2, 0) is 6.42 Å². The van der Waals surface area contributed by atoms with Crippen molar-refractivity contribution in [2.24, 2.45) is 0 Å². The highest BCUT2D eigenvalue weighted by atomic mass is 15.2. The van der Waals surface area contributed by atoms with Crippen LogP contribution in [0.2, 0.25) is 0 Å². The molecule has 1 aromatic carbocycles. The molecular formula is C18H30N2. The number of hydrogen-bond donors (Lipinski definition) is 1. The zero-order valence-electron chi connectivity index (χ0n) is 13.4. The maximum atomic E-state index is 3.67. The van der Waals surface area contributed by atoms with E-state index in [9.17, 15) is 0 Å². The van der Waals surface area contributed by atoms with Gasteiger partial charge in [-0.25, -0.2) is 0 Å². The van der Waals surface area contributed by atoms with E-state index in [0.29, 0.717) is 6.04 Å². The number of hydrogen-bond acceptors (Lipinski definition) is 2. The first-order valence-corrected chi connectivity index (χ1v) is 8.34. The molecule has 1 aliphatic rings. The van der Waals surface area contributed by atoms with Crippen LogP contribution in [0.3, 0.4) is 0 Å². The summed E-state index contributed by atoms with van der Waals surface area (Å²) in [4.78, 5) is 2.68. The number of nitrogens with one attached hydrogen (secondary N) is 1. The summed E-state index contributed by atoms with van der Waals surface area (Å²) >= 11 is 0. The van der Waals surface area contributed by atoms with Gasteiger partial charge in [0.15, 0.2) is 0 Å². The van der Waals surface area contributed by atoms with E-state index in [-0.39, 0.29) is 0 Å². The van der Waals surface area contributed by atoms with Gasteiger partial charge in [0.2, 0.25) is 0 Å². The zero-order chi connectivity index (χ0) is 14.4. The van der Waals surface area contributed by atoms with Crippen LogP contribution in [-0.4, -0.2) is 30.6 Å². The van der Waals surface area contributed by atoms with Gasteiger partial charge in [0.25, 0.3) is 0 Å². The fraction of sp³-hybridized carbons (Fsp3) is 0.667. The van der Waals surface area contributed by atoms with Crippen molar-refractivity contribution in [2.45, 2.75) is 58.5 Å². The van der Waals surface area contributed by atoms with Crippen LogP contribution in [0.4, 0.5) is 0 Å². The molecule has 0 saturated heterocycles. The monoisotopic (exact) mass is 274 g/mol. The van der Waals surface area contributed by atoms with Gasteiger partial charge in [0, 0.05) is 18.6 Å². The van der Waals surface area contributed by atoms with Crippen LogP contribution < -0.4 is 5.32 Å². The van der Waals surface area contributed by atoms with Crippen molar-refractivity contribution in [1.82, 2.24) is 10.2 Å². The van der Waals surface area contributed by atoms with E-state index in [4.69, 9.17) is 0 Å². The van der Waals surface area contributed by atoms with Crippen LogP contribution in [0.5, 0.6) is 0 Å². The Morgan fingerprint density at radius 1 is 1.15 bits per heavy atom. The van der Waals surface area contributed by atoms with Crippen LogP contribution in [0.1, 0.15) is 57.2 Å². The summed E-state index contributed by atoms with van der Waals surface area (Å²) in [5.41, 5.74) is 2.86. The summed E-state index contributed by atoms with van der Waals surface area (Å²) < 4.78 is 0. The Balaban J connectivity index is 2.03. The lowest BCUT2D eigenvalue weighted by atomic mass is 10.0. The second-order valence-corrected chi connectivity index (χ2v) is 5.93. The molecule has 0 aliphatic heterocycles. The summed E-state index contributed by atoms with van der Waals surface area (Å²) in [6, 6.07) is 10.5. The lowest BCUT2D eigenvalue weighted by molar-refractivity contribution is 0.234. The lowest BCUT2D eigenvalue weighted by Crippen LogP contribution is -2.37. The van der Waals surface area contributed by atoms with Crippen molar-refractivity contribution in [3.63, 3.8) is 0 Å². The second kappa shape index (κ2) is 7.80. The van der Waals surface area contributed by atoms with Gasteiger partial charge in [-0.05, 0) is 49.9 Å². The van der Waals surface area contributed by atoms with Gasteiger partial charge in [0.1, 0.15) is 0 Å². The van der Waals surface area contributed by atoms with Crippen molar-refractivity contribution in [2.75, 3.05) is 19.6 Å². The first-order chi connectivity index (χ1) is 9.78. The molecule has 0 amide bonds. The van der Waals surface area contributed by atoms with E-state index in [1.807, 2.05) is 0 Å². The normalized spacial score (nSPS) is 16.6. The Morgan fingerprint density at radius 2 is 1.85 bits per heavy atom. The Morgan fingerprint density at radius 3 is 2.35 bits per heavy atom. The minimum Gasteiger partial charge on any atom is -0.309 e. The molecule has 1 atom stereocenters. The van der Waals surface area contributed by atoms with E-state index in [1.165, 1.54) is 36.9 Å². The molecule has 1 saturated carbocycles. The maximum absolute atomic E-state index is 3.67. The Hall–Kier alpha value is -0.860. The average molecular weight is 274 g/mol. The molecule has 2 nitrogen and oxygen atoms in total. The predicted octanol–water partition coefficient (Wildman–Crippen LogP) is 3.77. The number of rotatable bonds is 9. The molecule has 1 N–H and O–H groups in total. The number of nitrogens with zero attached hydrogens (tertiary/aromatic N) is 1. The van der Waals surface area contributed by atoms with Gasteiger partial charge < -0.3 is 5.32 Å². The van der Waals surface area contributed by atoms with Crippen molar-refractivity contribution < 1.29 is 0 Å². The fourth-order valence-corrected chi connectivity index (χ4v) is 2.90. The van der Waals surface area contributed by atoms with Crippen LogP contribution in [0.25, 0.3) is 0 Å². The highest BCUT2D eigenvalue weighted by molar-refractivity contribution is 5.25. The fourth-order valence-electron chi connectivity index (χ4n) is 2.90. The summed E-state index contributed by atoms with van der Waals surface area (Å²) in [6.45, 7) is 10.1. The molecule has 2 rings (SSSR count). The molecular weight excluding hydrogens is 244 g/mol. The van der Waals surface area contributed by atoms with Crippen LogP contribution >= 0.6 is 0 Å². The average Bonchev–Trinajstić information content (AvgIpc) is 3.31. The van der Waals surface area contributed by atoms with Crippen molar-refractivity contribution in [3.05, 3.63) is 35.4 Å². The largest absolute Gasteiger partial charge is 0.309 e. The molecule has 20 heavy (non-hydrogen) atoms. The molecule has 0 heterocycles. The van der Waals surface area contributed by atoms with E-state index in [2.05, 4.69) is 55.3 Å². The quantitative estimate of drug-likeness (QED) is 0.737. The summed E-state index contributed by atoms with van der Waals surface area (Å²) in [6.07, 6.45) is 5.17. The Kier molecular flexibility index (Phi) is 6.06. The van der Waals surface area contributed by atoms with E-state index in [0.717, 1.165) is 25.6 Å². The summed E-state index contributed by atoms with van der Waals surface area (Å²) in [7, 11) is 0. The topological polar surface area (TPSA) is 15.3 Å². The van der Waals surface area contributed by atoms with Gasteiger partial charge in [-0.1, -0.05) is 45.0 Å². The van der Waals surface area contributed by atoms with Gasteiger partial charge in [0.05, 0.1) is 0 Å². The standard InChI is InChI=1S/C18H30N2/c1-4-13-20(17-11-12-17)14-18(19-6-3)16-9-7-15(5-2)8-10-16/h7-10,17-19H,4-6,11-14H2,1-3H3. The zero-order valence-corrected chi connectivity index (χ0v) is 13.4. The minimum absolute atomic E-state index is 0.470. The van der Waals surface area contributed by atoms with E-state index in [1.54, 1.807) is 0 Å². The smallest absolute Gasteiger partial charge is 0.0449 e. The molecule has 0 spiro atoms. The highest BCUT2D eigenvalue weighted by Crippen LogP contribution is 2.29. The van der Waals surface area contributed by atoms with Gasteiger partial charge >= 0.3 is 0 Å². The number of aryl methyl sites for hydroxylation is 1. The maximum Gasteiger partial charge on any atom is 0.0449 e. The van der Waals surface area contributed by atoms with Crippen molar-refractivity contribution in [1.29, 1.82) is 0 Å². The van der Waals surface area contributed by atoms with Crippen LogP contribution in [0, 0.1) is 0 Å². The molecule has 1 fully saturated rings. The molecule has 0 radical (unpaired) electrons. The lowest BCUT2D eigenvalue weighted by Gasteiger charge is -2.28. The highest BCUT2D eigenvalue weighted by Gasteiger charge is 2.30. The Bertz CT molecular complexity index is 381.